The van der Waals surface area contributed by atoms with Crippen molar-refractivity contribution in [3.63, 3.8) is 0 Å². The van der Waals surface area contributed by atoms with Crippen molar-refractivity contribution in [2.45, 2.75) is 6.92 Å². The molecule has 1 radical (unpaired) electrons. The van der Waals surface area contributed by atoms with Crippen LogP contribution in [-0.4, -0.2) is 12.2 Å². The molecule has 2 aromatic carbocycles. The highest BCUT2D eigenvalue weighted by Gasteiger charge is 2.16. The lowest BCUT2D eigenvalue weighted by Gasteiger charge is -2.10. The predicted molar refractivity (Wildman–Crippen MR) is 108 cm³/mol. The Balaban J connectivity index is 1.58. The average molecular weight is 365 g/mol. The van der Waals surface area contributed by atoms with Crippen LogP contribution in [0.5, 0.6) is 5.75 Å². The SMILES string of the molecule is COc1ccc2oc(=O)c(C3=C[S]=C(Nc4ccc(C)cc4)N3)cc2c1. The van der Waals surface area contributed by atoms with Crippen LogP contribution in [-0.2, 0) is 0 Å². The molecular weight excluding hydrogens is 348 g/mol. The number of methoxy groups -OCH3 is 1. The molecule has 2 N–H and O–H groups in total. The Kier molecular flexibility index (Phi) is 4.18. The molecule has 1 aromatic heterocycles. The Hall–Kier alpha value is -3.12. The van der Waals surface area contributed by atoms with Gasteiger partial charge in [-0.1, -0.05) is 17.7 Å². The minimum Gasteiger partial charge on any atom is -0.497 e. The molecule has 0 fully saturated rings. The first-order valence-corrected chi connectivity index (χ1v) is 8.97. The second-order valence-electron chi connectivity index (χ2n) is 5.95. The van der Waals surface area contributed by atoms with Crippen molar-refractivity contribution < 1.29 is 9.15 Å². The molecule has 6 heteroatoms. The van der Waals surface area contributed by atoms with Crippen LogP contribution in [0.1, 0.15) is 11.1 Å². The maximum absolute atomic E-state index is 12.4. The van der Waals surface area contributed by atoms with Gasteiger partial charge in [-0.25, -0.2) is 4.79 Å². The van der Waals surface area contributed by atoms with Crippen LogP contribution < -0.4 is 21.0 Å². The third-order valence-electron chi connectivity index (χ3n) is 4.08. The predicted octanol–water partition coefficient (Wildman–Crippen LogP) is 3.94. The van der Waals surface area contributed by atoms with Gasteiger partial charge in [0.2, 0.25) is 0 Å². The molecule has 4 rings (SSSR count). The number of fused-ring (bicyclic) bond motifs is 1. The smallest absolute Gasteiger partial charge is 0.345 e. The summed E-state index contributed by atoms with van der Waals surface area (Å²) in [6.45, 7) is 2.05. The summed E-state index contributed by atoms with van der Waals surface area (Å²) in [5.74, 6) is 0.716. The fourth-order valence-corrected chi connectivity index (χ4v) is 3.44. The fraction of sp³-hybridized carbons (Fsp3) is 0.100. The molecule has 0 atom stereocenters. The lowest BCUT2D eigenvalue weighted by molar-refractivity contribution is 0.415. The first kappa shape index (κ1) is 16.4. The summed E-state index contributed by atoms with van der Waals surface area (Å²) in [6.07, 6.45) is 0. The Labute approximate surface area is 154 Å². The lowest BCUT2D eigenvalue weighted by atomic mass is 10.1. The highest BCUT2D eigenvalue weighted by molar-refractivity contribution is 8.02. The van der Waals surface area contributed by atoms with E-state index in [0.29, 0.717) is 22.6 Å². The van der Waals surface area contributed by atoms with Crippen molar-refractivity contribution in [2.75, 3.05) is 12.4 Å². The summed E-state index contributed by atoms with van der Waals surface area (Å²) in [4.78, 5) is 12.4. The van der Waals surface area contributed by atoms with Crippen LogP contribution in [0, 0.1) is 6.92 Å². The normalized spacial score (nSPS) is 13.2. The Morgan fingerprint density at radius 3 is 2.69 bits per heavy atom. The number of benzene rings is 2. The molecule has 0 amide bonds. The molecule has 0 aliphatic carbocycles. The van der Waals surface area contributed by atoms with Crippen molar-refractivity contribution in [3.8, 4) is 5.75 Å². The van der Waals surface area contributed by atoms with Gasteiger partial charge in [0, 0.05) is 16.5 Å². The van der Waals surface area contributed by atoms with Crippen LogP contribution in [0.2, 0.25) is 0 Å². The van der Waals surface area contributed by atoms with Gasteiger partial charge in [-0.2, -0.15) is 0 Å². The molecule has 0 saturated heterocycles. The molecular formula is C20H17N2O3S. The summed E-state index contributed by atoms with van der Waals surface area (Å²) in [5.41, 5.74) is 3.54. The Bertz CT molecular complexity index is 1100. The largest absolute Gasteiger partial charge is 0.497 e. The van der Waals surface area contributed by atoms with E-state index in [4.69, 9.17) is 9.15 Å². The molecule has 5 nitrogen and oxygen atoms in total. The second kappa shape index (κ2) is 6.65. The first-order valence-electron chi connectivity index (χ1n) is 8.09. The number of nitrogens with one attached hydrogen (secondary N) is 2. The van der Waals surface area contributed by atoms with E-state index in [1.807, 2.05) is 48.7 Å². The van der Waals surface area contributed by atoms with E-state index >= 15 is 0 Å². The fourth-order valence-electron chi connectivity index (χ4n) is 2.67. The topological polar surface area (TPSA) is 63.5 Å². The molecule has 1 aliphatic rings. The molecule has 26 heavy (non-hydrogen) atoms. The minimum absolute atomic E-state index is 0.376. The molecule has 0 saturated carbocycles. The van der Waals surface area contributed by atoms with E-state index in [2.05, 4.69) is 10.6 Å². The Morgan fingerprint density at radius 1 is 1.12 bits per heavy atom. The maximum atomic E-state index is 12.4. The molecule has 2 heterocycles. The molecule has 3 aromatic rings. The zero-order valence-corrected chi connectivity index (χ0v) is 15.1. The molecule has 131 valence electrons. The van der Waals surface area contributed by atoms with Gasteiger partial charge in [0.1, 0.15) is 11.3 Å². The van der Waals surface area contributed by atoms with Crippen LogP contribution >= 0.6 is 11.4 Å². The summed E-state index contributed by atoms with van der Waals surface area (Å²) < 4.78 is 10.7. The van der Waals surface area contributed by atoms with Gasteiger partial charge in [-0.05, 0) is 43.3 Å². The first-order chi connectivity index (χ1) is 12.6. The van der Waals surface area contributed by atoms with Crippen molar-refractivity contribution in [2.24, 2.45) is 0 Å². The summed E-state index contributed by atoms with van der Waals surface area (Å²) in [6, 6.07) is 15.3. The van der Waals surface area contributed by atoms with Crippen molar-refractivity contribution in [1.29, 1.82) is 0 Å². The van der Waals surface area contributed by atoms with Gasteiger partial charge >= 0.3 is 5.63 Å². The van der Waals surface area contributed by atoms with Gasteiger partial charge in [0.25, 0.3) is 0 Å². The quantitative estimate of drug-likeness (QED) is 0.544. The monoisotopic (exact) mass is 365 g/mol. The standard InChI is InChI=1S/C20H17N2O3S/c1-12-3-5-14(6-4-12)21-20-22-17(11-26-20)16-10-13-9-15(24-2)7-8-18(13)25-19(16)23/h3-11,21-22H,1-2H3. The number of ether oxygens (including phenoxy) is 1. The number of rotatable bonds is 3. The van der Waals surface area contributed by atoms with Crippen LogP contribution in [0.4, 0.5) is 5.69 Å². The minimum atomic E-state index is -0.376. The van der Waals surface area contributed by atoms with Crippen molar-refractivity contribution in [1.82, 2.24) is 5.32 Å². The highest BCUT2D eigenvalue weighted by atomic mass is 32.1. The number of anilines is 1. The van der Waals surface area contributed by atoms with E-state index in [0.717, 1.165) is 16.2 Å². The number of hydrogen-bond donors (Lipinski definition) is 2. The molecule has 1 aliphatic heterocycles. The van der Waals surface area contributed by atoms with Crippen LogP contribution in [0.15, 0.2) is 63.2 Å². The van der Waals surface area contributed by atoms with Crippen molar-refractivity contribution in [3.05, 3.63) is 75.5 Å². The lowest BCUT2D eigenvalue weighted by Crippen LogP contribution is -2.26. The summed E-state index contributed by atoms with van der Waals surface area (Å²) in [7, 11) is 1.61. The molecule has 0 spiro atoms. The molecule has 0 unspecified atom stereocenters. The van der Waals surface area contributed by atoms with E-state index in [1.165, 1.54) is 16.9 Å². The Morgan fingerprint density at radius 2 is 1.92 bits per heavy atom. The van der Waals surface area contributed by atoms with E-state index in [-0.39, 0.29) is 5.63 Å². The van der Waals surface area contributed by atoms with Gasteiger partial charge in [-0.15, -0.1) is 11.4 Å². The van der Waals surface area contributed by atoms with Gasteiger partial charge in [-0.3, -0.25) is 0 Å². The average Bonchev–Trinajstić information content (AvgIpc) is 3.11. The highest BCUT2D eigenvalue weighted by Crippen LogP contribution is 2.24. The molecule has 0 bridgehead atoms. The zero-order valence-electron chi connectivity index (χ0n) is 14.3. The second-order valence-corrected chi connectivity index (χ2v) is 6.83. The van der Waals surface area contributed by atoms with Crippen LogP contribution in [0.3, 0.4) is 0 Å². The van der Waals surface area contributed by atoms with Gasteiger partial charge in [0.15, 0.2) is 5.11 Å². The van der Waals surface area contributed by atoms with Crippen LogP contribution in [0.25, 0.3) is 16.7 Å². The number of aryl methyl sites for hydroxylation is 1. The van der Waals surface area contributed by atoms with E-state index < -0.39 is 0 Å². The number of hydrogen-bond acceptors (Lipinski definition) is 5. The summed E-state index contributed by atoms with van der Waals surface area (Å²) >= 11 is 1.49. The van der Waals surface area contributed by atoms with E-state index in [1.54, 1.807) is 19.2 Å². The van der Waals surface area contributed by atoms with Gasteiger partial charge < -0.3 is 19.8 Å². The third-order valence-corrected chi connectivity index (χ3v) is 4.88. The summed E-state index contributed by atoms with van der Waals surface area (Å²) in [5, 5.41) is 10.1. The van der Waals surface area contributed by atoms with E-state index in [9.17, 15) is 4.79 Å². The van der Waals surface area contributed by atoms with Gasteiger partial charge in [0.05, 0.1) is 18.4 Å². The maximum Gasteiger partial charge on any atom is 0.345 e. The van der Waals surface area contributed by atoms with Crippen molar-refractivity contribution >= 4 is 38.8 Å². The third kappa shape index (κ3) is 3.19. The zero-order chi connectivity index (χ0) is 18.1.